The predicted octanol–water partition coefficient (Wildman–Crippen LogP) is 4.82. The van der Waals surface area contributed by atoms with Gasteiger partial charge in [-0.1, -0.05) is 23.5 Å². The van der Waals surface area contributed by atoms with Crippen LogP contribution in [0.5, 0.6) is 11.6 Å². The van der Waals surface area contributed by atoms with E-state index in [1.165, 1.54) is 28.0 Å². The van der Waals surface area contributed by atoms with Crippen molar-refractivity contribution in [2.75, 3.05) is 38.2 Å². The lowest BCUT2D eigenvalue weighted by atomic mass is 10.0. The largest absolute Gasteiger partial charge is 0.497 e. The number of fused-ring (bicyclic) bond motifs is 1. The van der Waals surface area contributed by atoms with E-state index in [0.29, 0.717) is 21.4 Å². The molecule has 4 heterocycles. The molecule has 0 radical (unpaired) electrons. The van der Waals surface area contributed by atoms with Gasteiger partial charge in [0, 0.05) is 31.9 Å². The van der Waals surface area contributed by atoms with Crippen LogP contribution in [0.4, 0.5) is 10.1 Å². The lowest BCUT2D eigenvalue weighted by Gasteiger charge is -2.40. The number of ether oxygens (including phenoxy) is 1. The van der Waals surface area contributed by atoms with Crippen LogP contribution in [0.3, 0.4) is 0 Å². The molecule has 10 heteroatoms. The fraction of sp³-hybridized carbons (Fsp3) is 0.231. The minimum absolute atomic E-state index is 0.00662. The number of furan rings is 1. The van der Waals surface area contributed by atoms with Crippen LogP contribution >= 0.6 is 11.3 Å². The first kappa shape index (κ1) is 22.6. The molecule has 1 atom stereocenters. The van der Waals surface area contributed by atoms with Crippen LogP contribution in [0.25, 0.3) is 16.5 Å². The molecule has 1 fully saturated rings. The topological polar surface area (TPSA) is 79.3 Å². The number of anilines is 1. The Morgan fingerprint density at radius 3 is 2.53 bits per heavy atom. The molecule has 0 aliphatic carbocycles. The summed E-state index contributed by atoms with van der Waals surface area (Å²) in [5.41, 5.74) is 1.91. The Kier molecular flexibility index (Phi) is 5.82. The van der Waals surface area contributed by atoms with Gasteiger partial charge in [0.15, 0.2) is 5.76 Å². The zero-order valence-corrected chi connectivity index (χ0v) is 20.4. The summed E-state index contributed by atoms with van der Waals surface area (Å²) in [5.74, 6) is 1.46. The fourth-order valence-electron chi connectivity index (χ4n) is 4.67. The van der Waals surface area contributed by atoms with Gasteiger partial charge in [0.05, 0.1) is 24.3 Å². The van der Waals surface area contributed by atoms with Gasteiger partial charge in [-0.25, -0.2) is 4.39 Å². The summed E-state index contributed by atoms with van der Waals surface area (Å²) in [5, 5.41) is 15.7. The highest BCUT2D eigenvalue weighted by Crippen LogP contribution is 2.41. The second-order valence-corrected chi connectivity index (χ2v) is 9.58. The number of hydrogen-bond acceptors (Lipinski definition) is 8. The maximum absolute atomic E-state index is 14.3. The first-order chi connectivity index (χ1) is 17.6. The van der Waals surface area contributed by atoms with E-state index in [9.17, 15) is 9.50 Å². The fourth-order valence-corrected chi connectivity index (χ4v) is 5.79. The maximum atomic E-state index is 14.3. The van der Waals surface area contributed by atoms with Crippen LogP contribution in [0.15, 0.2) is 71.3 Å². The van der Waals surface area contributed by atoms with Crippen molar-refractivity contribution >= 4 is 22.0 Å². The third kappa shape index (κ3) is 4.08. The summed E-state index contributed by atoms with van der Waals surface area (Å²) in [6.07, 6.45) is 1.56. The van der Waals surface area contributed by atoms with Crippen molar-refractivity contribution in [1.29, 1.82) is 0 Å². The molecule has 0 spiro atoms. The first-order valence-corrected chi connectivity index (χ1v) is 12.4. The summed E-state index contributed by atoms with van der Waals surface area (Å²) in [7, 11) is 1.66. The number of nitrogens with zero attached hydrogens (tertiary/aromatic N) is 5. The van der Waals surface area contributed by atoms with Crippen LogP contribution in [0.2, 0.25) is 0 Å². The van der Waals surface area contributed by atoms with Crippen LogP contribution < -0.4 is 9.64 Å². The maximum Gasteiger partial charge on any atom is 0.230 e. The van der Waals surface area contributed by atoms with E-state index in [2.05, 4.69) is 32.0 Å². The third-order valence-electron chi connectivity index (χ3n) is 6.47. The van der Waals surface area contributed by atoms with Gasteiger partial charge in [0.2, 0.25) is 16.7 Å². The summed E-state index contributed by atoms with van der Waals surface area (Å²) in [6.45, 7) is 3.06. The lowest BCUT2D eigenvalue weighted by molar-refractivity contribution is 0.211. The van der Waals surface area contributed by atoms with E-state index in [1.807, 2.05) is 18.2 Å². The molecule has 36 heavy (non-hydrogen) atoms. The number of hydrogen-bond donors (Lipinski definition) is 1. The zero-order chi connectivity index (χ0) is 24.6. The Labute approximate surface area is 210 Å². The second kappa shape index (κ2) is 9.29. The summed E-state index contributed by atoms with van der Waals surface area (Å²) < 4.78 is 26.4. The highest BCUT2D eigenvalue weighted by atomic mass is 32.1. The number of benzene rings is 2. The standard InChI is InChI=1S/C26H24FN5O3S/c1-34-20-9-7-19(8-10-20)30-11-13-31(14-12-30)22(17-4-2-5-18(27)16-17)23-25(33)32-26(36-23)28-24(29-32)21-6-3-15-35-21/h2-10,15-16,22,33H,11-14H2,1H3/t22-/m0/s1. The molecule has 1 aliphatic heterocycles. The third-order valence-corrected chi connectivity index (χ3v) is 7.54. The monoisotopic (exact) mass is 505 g/mol. The van der Waals surface area contributed by atoms with Crippen molar-refractivity contribution < 1.29 is 18.7 Å². The molecule has 8 nitrogen and oxygen atoms in total. The second-order valence-electron chi connectivity index (χ2n) is 8.58. The SMILES string of the molecule is COc1ccc(N2CCN([C@@H](c3cccc(F)c3)c3sc4nc(-c5ccco5)nn4c3O)CC2)cc1. The number of aromatic nitrogens is 3. The molecule has 6 rings (SSSR count). The molecule has 0 unspecified atom stereocenters. The number of piperazine rings is 1. The van der Waals surface area contributed by atoms with Crippen molar-refractivity contribution in [2.24, 2.45) is 0 Å². The van der Waals surface area contributed by atoms with Gasteiger partial charge >= 0.3 is 0 Å². The van der Waals surface area contributed by atoms with Gasteiger partial charge in [-0.15, -0.1) is 5.10 Å². The Balaban J connectivity index is 1.31. The Morgan fingerprint density at radius 2 is 1.86 bits per heavy atom. The lowest BCUT2D eigenvalue weighted by Crippen LogP contribution is -2.47. The molecular weight excluding hydrogens is 481 g/mol. The van der Waals surface area contributed by atoms with Crippen LogP contribution in [0.1, 0.15) is 16.5 Å². The number of thiazole rings is 1. The smallest absolute Gasteiger partial charge is 0.230 e. The molecule has 0 saturated carbocycles. The molecule has 1 aliphatic rings. The van der Waals surface area contributed by atoms with Crippen molar-refractivity contribution in [3.05, 3.63) is 83.2 Å². The van der Waals surface area contributed by atoms with Gasteiger partial charge in [0.25, 0.3) is 0 Å². The van der Waals surface area contributed by atoms with Crippen LogP contribution in [-0.4, -0.2) is 57.9 Å². The van der Waals surface area contributed by atoms with Crippen molar-refractivity contribution in [3.8, 4) is 23.2 Å². The normalized spacial score (nSPS) is 15.4. The van der Waals surface area contributed by atoms with Gasteiger partial charge < -0.3 is 19.2 Å². The summed E-state index contributed by atoms with van der Waals surface area (Å²) >= 11 is 1.35. The Hall–Kier alpha value is -3.89. The predicted molar refractivity (Wildman–Crippen MR) is 135 cm³/mol. The number of halogens is 1. The molecule has 184 valence electrons. The van der Waals surface area contributed by atoms with Crippen molar-refractivity contribution in [2.45, 2.75) is 6.04 Å². The molecule has 5 aromatic rings. The van der Waals surface area contributed by atoms with E-state index in [1.54, 1.807) is 31.6 Å². The van der Waals surface area contributed by atoms with Crippen LogP contribution in [0, 0.1) is 5.82 Å². The summed E-state index contributed by atoms with van der Waals surface area (Å²) in [4.78, 5) is 10.4. The molecule has 1 saturated heterocycles. The van der Waals surface area contributed by atoms with E-state index >= 15 is 0 Å². The van der Waals surface area contributed by atoms with Crippen LogP contribution in [-0.2, 0) is 0 Å². The minimum atomic E-state index is -0.334. The van der Waals surface area contributed by atoms with Crippen molar-refractivity contribution in [3.63, 3.8) is 0 Å². The highest BCUT2D eigenvalue weighted by Gasteiger charge is 2.32. The molecular formula is C26H24FN5O3S. The molecule has 0 bridgehead atoms. The van der Waals surface area contributed by atoms with Gasteiger partial charge in [-0.3, -0.25) is 4.90 Å². The number of rotatable bonds is 6. The highest BCUT2D eigenvalue weighted by molar-refractivity contribution is 7.17. The minimum Gasteiger partial charge on any atom is -0.497 e. The van der Waals surface area contributed by atoms with Gasteiger partial charge in [0.1, 0.15) is 11.6 Å². The van der Waals surface area contributed by atoms with E-state index in [-0.39, 0.29) is 17.7 Å². The van der Waals surface area contributed by atoms with E-state index < -0.39 is 0 Å². The molecule has 0 amide bonds. The van der Waals surface area contributed by atoms with Crippen molar-refractivity contribution in [1.82, 2.24) is 19.5 Å². The zero-order valence-electron chi connectivity index (χ0n) is 19.5. The van der Waals surface area contributed by atoms with E-state index in [4.69, 9.17) is 9.15 Å². The van der Waals surface area contributed by atoms with E-state index in [0.717, 1.165) is 43.2 Å². The van der Waals surface area contributed by atoms with Gasteiger partial charge in [-0.2, -0.15) is 9.50 Å². The number of aromatic hydroxyl groups is 1. The average Bonchev–Trinajstić information content (AvgIpc) is 3.64. The van der Waals surface area contributed by atoms with Gasteiger partial charge in [-0.05, 0) is 54.1 Å². The molecule has 3 aromatic heterocycles. The average molecular weight is 506 g/mol. The Morgan fingerprint density at radius 1 is 1.06 bits per heavy atom. The number of methoxy groups -OCH3 is 1. The molecule has 1 N–H and O–H groups in total. The molecule has 2 aromatic carbocycles. The quantitative estimate of drug-likeness (QED) is 0.355. The Bertz CT molecular complexity index is 1470. The summed E-state index contributed by atoms with van der Waals surface area (Å²) in [6, 6.07) is 17.8. The first-order valence-electron chi connectivity index (χ1n) is 11.6.